The summed E-state index contributed by atoms with van der Waals surface area (Å²) >= 11 is 6.45. The van der Waals surface area contributed by atoms with Gasteiger partial charge in [-0.25, -0.2) is 4.98 Å². The molecule has 1 aliphatic rings. The monoisotopic (exact) mass is 309 g/mol. The molecular weight excluding hydrogens is 282 g/mol. The van der Waals surface area contributed by atoms with Crippen molar-refractivity contribution < 1.29 is 0 Å². The van der Waals surface area contributed by atoms with E-state index in [1.54, 1.807) is 0 Å². The molecule has 4 heteroatoms. The van der Waals surface area contributed by atoms with Gasteiger partial charge in [0, 0.05) is 31.9 Å². The van der Waals surface area contributed by atoms with Crippen LogP contribution in [0.4, 0.5) is 5.82 Å². The number of hydrogen-bond donors (Lipinski definition) is 1. The summed E-state index contributed by atoms with van der Waals surface area (Å²) in [6.07, 6.45) is 5.64. The number of anilines is 1. The molecule has 1 saturated heterocycles. The number of pyridine rings is 1. The number of hydrogen-bond acceptors (Lipinski definition) is 3. The first-order chi connectivity index (χ1) is 9.93. The zero-order valence-electron chi connectivity index (χ0n) is 13.7. The SMILES string of the molecule is CCC1(C)CCN(c2ncc(CNC(C)C)cc2Cl)CC1. The van der Waals surface area contributed by atoms with Crippen molar-refractivity contribution in [3.05, 3.63) is 22.8 Å². The van der Waals surface area contributed by atoms with E-state index >= 15 is 0 Å². The lowest BCUT2D eigenvalue weighted by Gasteiger charge is -2.39. The van der Waals surface area contributed by atoms with Gasteiger partial charge in [0.05, 0.1) is 5.02 Å². The van der Waals surface area contributed by atoms with Crippen molar-refractivity contribution in [1.29, 1.82) is 0 Å². The van der Waals surface area contributed by atoms with Gasteiger partial charge in [0.15, 0.2) is 0 Å². The molecule has 1 N–H and O–H groups in total. The van der Waals surface area contributed by atoms with E-state index in [-0.39, 0.29) is 0 Å². The Hall–Kier alpha value is -0.800. The Morgan fingerprint density at radius 2 is 2.05 bits per heavy atom. The van der Waals surface area contributed by atoms with Crippen LogP contribution in [0.5, 0.6) is 0 Å². The van der Waals surface area contributed by atoms with E-state index in [0.717, 1.165) is 36.0 Å². The van der Waals surface area contributed by atoms with E-state index < -0.39 is 0 Å². The fourth-order valence-corrected chi connectivity index (χ4v) is 3.04. The average molecular weight is 310 g/mol. The van der Waals surface area contributed by atoms with Gasteiger partial charge in [-0.05, 0) is 29.9 Å². The van der Waals surface area contributed by atoms with Crippen molar-refractivity contribution in [1.82, 2.24) is 10.3 Å². The Bertz CT molecular complexity index is 465. The van der Waals surface area contributed by atoms with Crippen LogP contribution in [0.15, 0.2) is 12.3 Å². The number of nitrogens with zero attached hydrogens (tertiary/aromatic N) is 2. The van der Waals surface area contributed by atoms with E-state index in [1.165, 1.54) is 19.3 Å². The molecule has 2 rings (SSSR count). The molecule has 1 aromatic rings. The first-order valence-electron chi connectivity index (χ1n) is 8.06. The van der Waals surface area contributed by atoms with Crippen LogP contribution in [0.2, 0.25) is 5.02 Å². The maximum absolute atomic E-state index is 6.45. The number of halogens is 1. The van der Waals surface area contributed by atoms with Gasteiger partial charge < -0.3 is 10.2 Å². The van der Waals surface area contributed by atoms with Crippen LogP contribution < -0.4 is 10.2 Å². The summed E-state index contributed by atoms with van der Waals surface area (Å²) in [5.74, 6) is 0.947. The molecule has 0 atom stereocenters. The van der Waals surface area contributed by atoms with E-state index in [4.69, 9.17) is 11.6 Å². The lowest BCUT2D eigenvalue weighted by Crippen LogP contribution is -2.39. The normalized spacial score (nSPS) is 18.3. The lowest BCUT2D eigenvalue weighted by molar-refractivity contribution is 0.238. The Morgan fingerprint density at radius 3 is 2.57 bits per heavy atom. The molecule has 118 valence electrons. The van der Waals surface area contributed by atoms with Gasteiger partial charge in [-0.15, -0.1) is 0 Å². The van der Waals surface area contributed by atoms with Gasteiger partial charge in [-0.1, -0.05) is 45.7 Å². The van der Waals surface area contributed by atoms with Crippen LogP contribution in [-0.2, 0) is 6.54 Å². The molecule has 1 fully saturated rings. The third kappa shape index (κ3) is 4.33. The molecule has 3 nitrogen and oxygen atoms in total. The minimum absolute atomic E-state index is 0.470. The summed E-state index contributed by atoms with van der Waals surface area (Å²) in [5.41, 5.74) is 1.64. The van der Waals surface area contributed by atoms with Crippen LogP contribution >= 0.6 is 11.6 Å². The molecule has 0 aromatic carbocycles. The topological polar surface area (TPSA) is 28.2 Å². The van der Waals surface area contributed by atoms with Crippen molar-refractivity contribution in [3.63, 3.8) is 0 Å². The second-order valence-electron chi connectivity index (χ2n) is 6.84. The van der Waals surface area contributed by atoms with E-state index in [9.17, 15) is 0 Å². The quantitative estimate of drug-likeness (QED) is 0.881. The molecule has 0 bridgehead atoms. The molecule has 0 amide bonds. The number of rotatable bonds is 5. The van der Waals surface area contributed by atoms with Crippen LogP contribution in [0.3, 0.4) is 0 Å². The van der Waals surface area contributed by atoms with Gasteiger partial charge in [0.1, 0.15) is 5.82 Å². The Labute approximate surface area is 134 Å². The molecule has 0 radical (unpaired) electrons. The summed E-state index contributed by atoms with van der Waals surface area (Å²) < 4.78 is 0. The minimum Gasteiger partial charge on any atom is -0.355 e. The highest BCUT2D eigenvalue weighted by Gasteiger charge is 2.29. The van der Waals surface area contributed by atoms with Gasteiger partial charge in [0.2, 0.25) is 0 Å². The highest BCUT2D eigenvalue weighted by atomic mass is 35.5. The van der Waals surface area contributed by atoms with Crippen LogP contribution in [0, 0.1) is 5.41 Å². The number of aromatic nitrogens is 1. The third-order valence-electron chi connectivity index (χ3n) is 4.72. The van der Waals surface area contributed by atoms with E-state index in [1.807, 2.05) is 12.3 Å². The maximum atomic E-state index is 6.45. The Morgan fingerprint density at radius 1 is 1.38 bits per heavy atom. The second-order valence-corrected chi connectivity index (χ2v) is 7.24. The summed E-state index contributed by atoms with van der Waals surface area (Å²) in [5, 5.41) is 4.17. The van der Waals surface area contributed by atoms with Crippen LogP contribution in [-0.4, -0.2) is 24.1 Å². The largest absolute Gasteiger partial charge is 0.355 e. The minimum atomic E-state index is 0.470. The molecule has 0 aliphatic carbocycles. The Kier molecular flexibility index (Phi) is 5.50. The van der Waals surface area contributed by atoms with Crippen molar-refractivity contribution in [2.75, 3.05) is 18.0 Å². The molecule has 21 heavy (non-hydrogen) atoms. The summed E-state index contributed by atoms with van der Waals surface area (Å²) in [7, 11) is 0. The molecule has 1 aliphatic heterocycles. The zero-order chi connectivity index (χ0) is 15.5. The predicted octanol–water partition coefficient (Wildman–Crippen LogP) is 4.25. The van der Waals surface area contributed by atoms with Crippen molar-refractivity contribution in [2.45, 2.75) is 59.5 Å². The van der Waals surface area contributed by atoms with E-state index in [0.29, 0.717) is 11.5 Å². The molecule has 0 unspecified atom stereocenters. The van der Waals surface area contributed by atoms with Gasteiger partial charge in [0.25, 0.3) is 0 Å². The van der Waals surface area contributed by atoms with Crippen LogP contribution in [0.25, 0.3) is 0 Å². The first-order valence-corrected chi connectivity index (χ1v) is 8.44. The highest BCUT2D eigenvalue weighted by Crippen LogP contribution is 2.36. The first kappa shape index (κ1) is 16.6. The van der Waals surface area contributed by atoms with Crippen molar-refractivity contribution >= 4 is 17.4 Å². The molecule has 1 aromatic heterocycles. The highest BCUT2D eigenvalue weighted by molar-refractivity contribution is 6.33. The fourth-order valence-electron chi connectivity index (χ4n) is 2.73. The predicted molar refractivity (Wildman–Crippen MR) is 91.1 cm³/mol. The number of piperidine rings is 1. The molecule has 0 saturated carbocycles. The zero-order valence-corrected chi connectivity index (χ0v) is 14.5. The second kappa shape index (κ2) is 6.97. The maximum Gasteiger partial charge on any atom is 0.147 e. The van der Waals surface area contributed by atoms with Crippen LogP contribution in [0.1, 0.15) is 52.5 Å². The van der Waals surface area contributed by atoms with Crippen molar-refractivity contribution in [2.24, 2.45) is 5.41 Å². The van der Waals surface area contributed by atoms with Gasteiger partial charge >= 0.3 is 0 Å². The average Bonchev–Trinajstić information content (AvgIpc) is 2.46. The number of nitrogens with one attached hydrogen (secondary N) is 1. The summed E-state index contributed by atoms with van der Waals surface area (Å²) in [6.45, 7) is 11.9. The Balaban J connectivity index is 2.01. The lowest BCUT2D eigenvalue weighted by atomic mass is 9.78. The fraction of sp³-hybridized carbons (Fsp3) is 0.706. The standard InChI is InChI=1S/C17H28ClN3/c1-5-17(4)6-8-21(9-7-17)16-15(18)10-14(12-20-16)11-19-13(2)3/h10,12-13,19H,5-9,11H2,1-4H3. The van der Waals surface area contributed by atoms with Crippen molar-refractivity contribution in [3.8, 4) is 0 Å². The summed E-state index contributed by atoms with van der Waals surface area (Å²) in [4.78, 5) is 6.94. The van der Waals surface area contributed by atoms with E-state index in [2.05, 4.69) is 42.9 Å². The smallest absolute Gasteiger partial charge is 0.147 e. The third-order valence-corrected chi connectivity index (χ3v) is 4.99. The van der Waals surface area contributed by atoms with Gasteiger partial charge in [-0.3, -0.25) is 0 Å². The molecule has 0 spiro atoms. The molecule has 2 heterocycles. The molecular formula is C17H28ClN3. The summed E-state index contributed by atoms with van der Waals surface area (Å²) in [6, 6.07) is 2.52. The van der Waals surface area contributed by atoms with Gasteiger partial charge in [-0.2, -0.15) is 0 Å².